The van der Waals surface area contributed by atoms with E-state index >= 15 is 0 Å². The third-order valence-electron chi connectivity index (χ3n) is 2.22. The van der Waals surface area contributed by atoms with Crippen molar-refractivity contribution in [3.63, 3.8) is 0 Å². The highest BCUT2D eigenvalue weighted by molar-refractivity contribution is 6.05. The van der Waals surface area contributed by atoms with Gasteiger partial charge in [-0.05, 0) is 18.2 Å². The van der Waals surface area contributed by atoms with Gasteiger partial charge in [0.05, 0.1) is 0 Å². The van der Waals surface area contributed by atoms with Crippen LogP contribution in [0.3, 0.4) is 0 Å². The van der Waals surface area contributed by atoms with E-state index in [0.717, 1.165) is 0 Å². The number of aliphatic hydroxyl groups is 1. The number of fused-ring (bicyclic) bond motifs is 1. The second-order valence-corrected chi connectivity index (χ2v) is 3.46. The molecule has 0 aromatic heterocycles. The van der Waals surface area contributed by atoms with Crippen molar-refractivity contribution in [2.75, 3.05) is 6.79 Å². The van der Waals surface area contributed by atoms with Gasteiger partial charge < -0.3 is 14.6 Å². The molecule has 1 aromatic rings. The van der Waals surface area contributed by atoms with Crippen molar-refractivity contribution in [1.29, 1.82) is 0 Å². The lowest BCUT2D eigenvalue weighted by molar-refractivity contribution is -0.120. The molecule has 4 nitrogen and oxygen atoms in total. The molecule has 0 radical (unpaired) electrons. The Morgan fingerprint density at radius 3 is 2.61 bits per heavy atom. The zero-order valence-electron chi connectivity index (χ0n) is 8.82. The van der Waals surface area contributed by atoms with Crippen LogP contribution in [0.2, 0.25) is 0 Å². The molecule has 96 valence electrons. The van der Waals surface area contributed by atoms with E-state index in [0.29, 0.717) is 5.75 Å². The van der Waals surface area contributed by atoms with E-state index in [2.05, 4.69) is 0 Å². The SMILES string of the molecule is O=C(/C=C(\O)C(F)(F)F)c1ccc2c(c1)OCO2. The molecule has 18 heavy (non-hydrogen) atoms. The number of allylic oxidation sites excluding steroid dienone is 2. The number of carbonyl (C=O) groups is 1. The maximum Gasteiger partial charge on any atom is 0.448 e. The van der Waals surface area contributed by atoms with Crippen LogP contribution in [0.25, 0.3) is 0 Å². The van der Waals surface area contributed by atoms with Crippen molar-refractivity contribution < 1.29 is 32.5 Å². The molecule has 7 heteroatoms. The van der Waals surface area contributed by atoms with Gasteiger partial charge >= 0.3 is 6.18 Å². The van der Waals surface area contributed by atoms with Crippen LogP contribution in [0.5, 0.6) is 11.5 Å². The molecule has 0 fully saturated rings. The predicted molar refractivity (Wildman–Crippen MR) is 53.7 cm³/mol. The van der Waals surface area contributed by atoms with Gasteiger partial charge in [-0.2, -0.15) is 13.2 Å². The van der Waals surface area contributed by atoms with Crippen molar-refractivity contribution >= 4 is 5.78 Å². The van der Waals surface area contributed by atoms with Crippen molar-refractivity contribution in [3.05, 3.63) is 35.6 Å². The van der Waals surface area contributed by atoms with E-state index < -0.39 is 17.7 Å². The predicted octanol–water partition coefficient (Wildman–Crippen LogP) is 2.60. The van der Waals surface area contributed by atoms with Crippen molar-refractivity contribution in [2.45, 2.75) is 6.18 Å². The van der Waals surface area contributed by atoms with Crippen LogP contribution >= 0.6 is 0 Å². The fourth-order valence-electron chi connectivity index (χ4n) is 1.34. The average molecular weight is 260 g/mol. The number of alkyl halides is 3. The summed E-state index contributed by atoms with van der Waals surface area (Å²) in [6.45, 7) is -0.00336. The lowest BCUT2D eigenvalue weighted by Gasteiger charge is -2.04. The number of ether oxygens (including phenoxy) is 2. The summed E-state index contributed by atoms with van der Waals surface area (Å²) in [7, 11) is 0. The Morgan fingerprint density at radius 2 is 1.94 bits per heavy atom. The van der Waals surface area contributed by atoms with Crippen molar-refractivity contribution in [3.8, 4) is 11.5 Å². The molecule has 0 unspecified atom stereocenters. The zero-order valence-corrected chi connectivity index (χ0v) is 8.82. The van der Waals surface area contributed by atoms with Crippen LogP contribution in [-0.4, -0.2) is 23.9 Å². The molecule has 1 aliphatic heterocycles. The lowest BCUT2D eigenvalue weighted by Crippen LogP contribution is -2.13. The van der Waals surface area contributed by atoms with Gasteiger partial charge in [-0.25, -0.2) is 0 Å². The highest BCUT2D eigenvalue weighted by Gasteiger charge is 2.34. The zero-order chi connectivity index (χ0) is 13.3. The minimum atomic E-state index is -4.94. The fourth-order valence-corrected chi connectivity index (χ4v) is 1.34. The number of rotatable bonds is 2. The normalized spacial score (nSPS) is 14.7. The van der Waals surface area contributed by atoms with Crippen molar-refractivity contribution in [2.24, 2.45) is 0 Å². The summed E-state index contributed by atoms with van der Waals surface area (Å²) in [6, 6.07) is 3.95. The first-order chi connectivity index (χ1) is 8.38. The summed E-state index contributed by atoms with van der Waals surface area (Å²) in [6.07, 6.45) is -4.82. The Hall–Kier alpha value is -2.18. The number of hydrogen-bond donors (Lipinski definition) is 1. The van der Waals surface area contributed by atoms with Crippen LogP contribution in [0, 0.1) is 0 Å². The van der Waals surface area contributed by atoms with Gasteiger partial charge in [-0.15, -0.1) is 0 Å². The number of aliphatic hydroxyl groups excluding tert-OH is 1. The number of ketones is 1. The Balaban J connectivity index is 2.25. The topological polar surface area (TPSA) is 55.8 Å². The summed E-state index contributed by atoms with van der Waals surface area (Å²) in [5.74, 6) is -2.22. The van der Waals surface area contributed by atoms with Gasteiger partial charge in [-0.1, -0.05) is 0 Å². The molecular formula is C11H7F3O4. The lowest BCUT2D eigenvalue weighted by atomic mass is 10.1. The first-order valence-electron chi connectivity index (χ1n) is 4.80. The minimum absolute atomic E-state index is 0.00336. The molecule has 0 saturated heterocycles. The van der Waals surface area contributed by atoms with Gasteiger partial charge in [0.15, 0.2) is 17.3 Å². The summed E-state index contributed by atoms with van der Waals surface area (Å²) in [5, 5.41) is 8.67. The molecule has 1 aromatic carbocycles. The Kier molecular flexibility index (Phi) is 2.90. The molecule has 1 aliphatic rings. The quantitative estimate of drug-likeness (QED) is 0.504. The third kappa shape index (κ3) is 2.39. The molecule has 1 N–H and O–H groups in total. The van der Waals surface area contributed by atoms with E-state index in [-0.39, 0.29) is 24.2 Å². The summed E-state index contributed by atoms with van der Waals surface area (Å²) in [4.78, 5) is 11.5. The number of benzene rings is 1. The van der Waals surface area contributed by atoms with Crippen LogP contribution < -0.4 is 9.47 Å². The first kappa shape index (κ1) is 12.3. The van der Waals surface area contributed by atoms with Gasteiger partial charge in [-0.3, -0.25) is 4.79 Å². The van der Waals surface area contributed by atoms with Crippen LogP contribution in [0.1, 0.15) is 10.4 Å². The van der Waals surface area contributed by atoms with Gasteiger partial charge in [0.25, 0.3) is 0 Å². The highest BCUT2D eigenvalue weighted by Crippen LogP contribution is 2.33. The standard InChI is InChI=1S/C11H7F3O4/c12-11(13,14)10(16)4-7(15)6-1-2-8-9(3-6)18-5-17-8/h1-4,16H,5H2/b10-4-. The molecule has 0 bridgehead atoms. The monoisotopic (exact) mass is 260 g/mol. The molecule has 0 aliphatic carbocycles. The van der Waals surface area contributed by atoms with Crippen LogP contribution in [0.15, 0.2) is 30.0 Å². The summed E-state index contributed by atoms with van der Waals surface area (Å²) < 4.78 is 46.1. The first-order valence-corrected chi connectivity index (χ1v) is 4.80. The maximum absolute atomic E-state index is 12.0. The van der Waals surface area contributed by atoms with Crippen LogP contribution in [-0.2, 0) is 0 Å². The summed E-state index contributed by atoms with van der Waals surface area (Å²) in [5.41, 5.74) is -0.0324. The van der Waals surface area contributed by atoms with Crippen LogP contribution in [0.4, 0.5) is 13.2 Å². The van der Waals surface area contributed by atoms with Gasteiger partial charge in [0.2, 0.25) is 12.6 Å². The third-order valence-corrected chi connectivity index (χ3v) is 2.22. The second kappa shape index (κ2) is 4.25. The molecular weight excluding hydrogens is 253 g/mol. The van der Waals surface area contributed by atoms with Crippen molar-refractivity contribution in [1.82, 2.24) is 0 Å². The Morgan fingerprint density at radius 1 is 1.28 bits per heavy atom. The Bertz CT molecular complexity index is 520. The minimum Gasteiger partial charge on any atom is -0.504 e. The molecule has 0 spiro atoms. The smallest absolute Gasteiger partial charge is 0.448 e. The molecule has 2 rings (SSSR count). The van der Waals surface area contributed by atoms with E-state index in [1.807, 2.05) is 0 Å². The number of hydrogen-bond acceptors (Lipinski definition) is 4. The van der Waals surface area contributed by atoms with E-state index in [9.17, 15) is 18.0 Å². The average Bonchev–Trinajstić information content (AvgIpc) is 2.74. The second-order valence-electron chi connectivity index (χ2n) is 3.46. The van der Waals surface area contributed by atoms with Gasteiger partial charge in [0.1, 0.15) is 0 Å². The molecule has 1 heterocycles. The highest BCUT2D eigenvalue weighted by atomic mass is 19.4. The van der Waals surface area contributed by atoms with E-state index in [1.165, 1.54) is 18.2 Å². The van der Waals surface area contributed by atoms with Gasteiger partial charge in [0, 0.05) is 11.6 Å². The van der Waals surface area contributed by atoms with E-state index in [1.54, 1.807) is 0 Å². The number of carbonyl (C=O) groups excluding carboxylic acids is 1. The maximum atomic E-state index is 12.0. The molecule has 0 saturated carbocycles. The summed E-state index contributed by atoms with van der Waals surface area (Å²) >= 11 is 0. The molecule has 0 amide bonds. The Labute approximate surface area is 99.2 Å². The van der Waals surface area contributed by atoms with E-state index in [4.69, 9.17) is 14.6 Å². The largest absolute Gasteiger partial charge is 0.504 e. The number of halogens is 3. The molecule has 0 atom stereocenters. The fraction of sp³-hybridized carbons (Fsp3) is 0.182.